The second-order valence-corrected chi connectivity index (χ2v) is 6.99. The van der Waals surface area contributed by atoms with Crippen LogP contribution in [0.15, 0.2) is 48.5 Å². The van der Waals surface area contributed by atoms with E-state index in [0.29, 0.717) is 6.42 Å². The van der Waals surface area contributed by atoms with E-state index in [1.54, 1.807) is 0 Å². The number of nitrogens with one attached hydrogen (secondary N) is 1. The molecule has 1 aromatic heterocycles. The summed E-state index contributed by atoms with van der Waals surface area (Å²) >= 11 is 2.20. The lowest BCUT2D eigenvalue weighted by atomic mass is 9.98. The van der Waals surface area contributed by atoms with Crippen LogP contribution in [-0.4, -0.2) is 17.4 Å². The Labute approximate surface area is 154 Å². The molecule has 0 atom stereocenters. The van der Waals surface area contributed by atoms with Gasteiger partial charge in [0.15, 0.2) is 5.78 Å². The fraction of sp³-hybridized carbons (Fsp3) is 0.250. The fourth-order valence-electron chi connectivity index (χ4n) is 3.00. The van der Waals surface area contributed by atoms with Crippen LogP contribution in [0.5, 0.6) is 0 Å². The van der Waals surface area contributed by atoms with Crippen LogP contribution in [0, 0.1) is 3.57 Å². The molecule has 0 unspecified atom stereocenters. The Bertz CT molecular complexity index is 856. The Morgan fingerprint density at radius 2 is 1.75 bits per heavy atom. The average Bonchev–Trinajstić information content (AvgIpc) is 2.97. The van der Waals surface area contributed by atoms with Crippen LogP contribution in [-0.2, 0) is 6.42 Å². The molecule has 4 heteroatoms. The molecule has 3 aromatic rings. The zero-order valence-electron chi connectivity index (χ0n) is 13.3. The monoisotopic (exact) mass is 435 g/mol. The van der Waals surface area contributed by atoms with Crippen LogP contribution in [0.25, 0.3) is 10.9 Å². The standard InChI is InChI=1S/C20H19FINO/c21-13-7-1-2-12-18-19(15-9-4-6-11-17(15)23-18)20(24)14-8-3-5-10-16(14)22/h3-6,8-11,23H,1-2,7,12-13H2. The topological polar surface area (TPSA) is 32.9 Å². The third-order valence-corrected chi connectivity index (χ3v) is 5.13. The molecule has 0 aliphatic rings. The number of unbranched alkanes of at least 4 members (excludes halogenated alkanes) is 2. The Kier molecular flexibility index (Phi) is 5.66. The van der Waals surface area contributed by atoms with Gasteiger partial charge in [0.25, 0.3) is 0 Å². The van der Waals surface area contributed by atoms with Gasteiger partial charge in [0.1, 0.15) is 0 Å². The number of H-pyrrole nitrogens is 1. The van der Waals surface area contributed by atoms with E-state index in [9.17, 15) is 9.18 Å². The van der Waals surface area contributed by atoms with Crippen molar-refractivity contribution in [2.75, 3.05) is 6.67 Å². The van der Waals surface area contributed by atoms with Crippen molar-refractivity contribution >= 4 is 39.3 Å². The number of hydrogen-bond donors (Lipinski definition) is 1. The first kappa shape index (κ1) is 17.1. The number of aromatic amines is 1. The number of rotatable bonds is 7. The molecule has 0 aliphatic heterocycles. The van der Waals surface area contributed by atoms with E-state index in [2.05, 4.69) is 27.6 Å². The van der Waals surface area contributed by atoms with E-state index in [0.717, 1.165) is 50.6 Å². The van der Waals surface area contributed by atoms with Gasteiger partial charge in [-0.2, -0.15) is 0 Å². The number of ketones is 1. The minimum atomic E-state index is -0.277. The maximum absolute atomic E-state index is 13.2. The van der Waals surface area contributed by atoms with E-state index in [4.69, 9.17) is 0 Å². The van der Waals surface area contributed by atoms with E-state index in [1.807, 2.05) is 48.5 Å². The first-order chi connectivity index (χ1) is 11.7. The molecule has 0 saturated heterocycles. The largest absolute Gasteiger partial charge is 0.358 e. The van der Waals surface area contributed by atoms with Crippen molar-refractivity contribution in [3.63, 3.8) is 0 Å². The minimum absolute atomic E-state index is 0.0536. The van der Waals surface area contributed by atoms with Crippen molar-refractivity contribution in [1.29, 1.82) is 0 Å². The number of benzene rings is 2. The lowest BCUT2D eigenvalue weighted by Crippen LogP contribution is -2.06. The summed E-state index contributed by atoms with van der Waals surface area (Å²) in [7, 11) is 0. The second-order valence-electron chi connectivity index (χ2n) is 5.83. The molecule has 1 N–H and O–H groups in total. The van der Waals surface area contributed by atoms with E-state index in [1.165, 1.54) is 0 Å². The number of hydrogen-bond acceptors (Lipinski definition) is 1. The molecule has 0 aliphatic carbocycles. The van der Waals surface area contributed by atoms with E-state index in [-0.39, 0.29) is 12.5 Å². The molecule has 2 nitrogen and oxygen atoms in total. The minimum Gasteiger partial charge on any atom is -0.358 e. The van der Waals surface area contributed by atoms with Gasteiger partial charge < -0.3 is 4.98 Å². The second kappa shape index (κ2) is 7.92. The van der Waals surface area contributed by atoms with Gasteiger partial charge in [-0.15, -0.1) is 0 Å². The summed E-state index contributed by atoms with van der Waals surface area (Å²) in [6, 6.07) is 15.5. The normalized spacial score (nSPS) is 11.1. The summed E-state index contributed by atoms with van der Waals surface area (Å²) in [5.41, 5.74) is 3.43. The Morgan fingerprint density at radius 1 is 1.00 bits per heavy atom. The molecule has 124 valence electrons. The average molecular weight is 435 g/mol. The van der Waals surface area contributed by atoms with Crippen LogP contribution >= 0.6 is 22.6 Å². The van der Waals surface area contributed by atoms with Crippen LogP contribution in [0.3, 0.4) is 0 Å². The molecular weight excluding hydrogens is 416 g/mol. The first-order valence-electron chi connectivity index (χ1n) is 8.17. The summed E-state index contributed by atoms with van der Waals surface area (Å²) in [6.07, 6.45) is 3.06. The first-order valence-corrected chi connectivity index (χ1v) is 9.25. The number of aromatic nitrogens is 1. The van der Waals surface area contributed by atoms with Gasteiger partial charge in [-0.05, 0) is 60.1 Å². The molecule has 0 radical (unpaired) electrons. The molecular formula is C20H19FINO. The molecule has 0 fully saturated rings. The predicted molar refractivity (Wildman–Crippen MR) is 104 cm³/mol. The summed E-state index contributed by atoms with van der Waals surface area (Å²) in [4.78, 5) is 16.6. The van der Waals surface area contributed by atoms with E-state index >= 15 is 0 Å². The summed E-state index contributed by atoms with van der Waals surface area (Å²) in [6.45, 7) is -0.277. The fourth-order valence-corrected chi connectivity index (χ4v) is 3.63. The lowest BCUT2D eigenvalue weighted by Gasteiger charge is -2.06. The highest BCUT2D eigenvalue weighted by molar-refractivity contribution is 14.1. The van der Waals surface area contributed by atoms with Crippen molar-refractivity contribution in [2.45, 2.75) is 25.7 Å². The quantitative estimate of drug-likeness (QED) is 0.289. The highest BCUT2D eigenvalue weighted by atomic mass is 127. The van der Waals surface area contributed by atoms with Gasteiger partial charge >= 0.3 is 0 Å². The van der Waals surface area contributed by atoms with Crippen molar-refractivity contribution in [1.82, 2.24) is 4.98 Å². The summed E-state index contributed by atoms with van der Waals surface area (Å²) < 4.78 is 13.2. The van der Waals surface area contributed by atoms with Crippen molar-refractivity contribution in [3.8, 4) is 0 Å². The summed E-state index contributed by atoms with van der Waals surface area (Å²) in [5.74, 6) is 0.0536. The molecule has 0 bridgehead atoms. The molecule has 1 heterocycles. The number of carbonyl (C=O) groups is 1. The smallest absolute Gasteiger partial charge is 0.196 e. The number of alkyl halides is 1. The van der Waals surface area contributed by atoms with Crippen molar-refractivity contribution in [3.05, 3.63) is 68.9 Å². The highest BCUT2D eigenvalue weighted by Gasteiger charge is 2.20. The third-order valence-electron chi connectivity index (χ3n) is 4.19. The molecule has 0 spiro atoms. The third kappa shape index (κ3) is 3.53. The van der Waals surface area contributed by atoms with Gasteiger partial charge in [0.2, 0.25) is 0 Å². The SMILES string of the molecule is O=C(c1ccccc1I)c1c(CCCCCF)[nH]c2ccccc12. The molecule has 0 saturated carbocycles. The molecule has 3 rings (SSSR count). The van der Waals surface area contributed by atoms with Crippen molar-refractivity contribution < 1.29 is 9.18 Å². The van der Waals surface area contributed by atoms with E-state index < -0.39 is 0 Å². The molecule has 24 heavy (non-hydrogen) atoms. The number of fused-ring (bicyclic) bond motifs is 1. The van der Waals surface area contributed by atoms with Crippen LogP contribution in [0.2, 0.25) is 0 Å². The number of para-hydroxylation sites is 1. The Balaban J connectivity index is 2.01. The maximum Gasteiger partial charge on any atom is 0.196 e. The number of halogens is 2. The van der Waals surface area contributed by atoms with Crippen molar-refractivity contribution in [2.24, 2.45) is 0 Å². The van der Waals surface area contributed by atoms with Gasteiger partial charge in [-0.3, -0.25) is 9.18 Å². The van der Waals surface area contributed by atoms with Crippen LogP contribution in [0.4, 0.5) is 4.39 Å². The van der Waals surface area contributed by atoms with Gasteiger partial charge in [-0.25, -0.2) is 0 Å². The number of carbonyl (C=O) groups excluding carboxylic acids is 1. The van der Waals surface area contributed by atoms with Gasteiger partial charge in [0, 0.05) is 25.7 Å². The number of aryl methyl sites for hydroxylation is 1. The Hall–Kier alpha value is -1.69. The zero-order valence-corrected chi connectivity index (χ0v) is 15.5. The summed E-state index contributed by atoms with van der Waals surface area (Å²) in [5, 5.41) is 0.961. The van der Waals surface area contributed by atoms with Gasteiger partial charge in [-0.1, -0.05) is 36.8 Å². The molecule has 0 amide bonds. The lowest BCUT2D eigenvalue weighted by molar-refractivity contribution is 0.103. The predicted octanol–water partition coefficient (Wildman–Crippen LogP) is 5.69. The highest BCUT2D eigenvalue weighted by Crippen LogP contribution is 2.28. The van der Waals surface area contributed by atoms with Crippen LogP contribution < -0.4 is 0 Å². The zero-order chi connectivity index (χ0) is 16.9. The molecule has 2 aromatic carbocycles. The maximum atomic E-state index is 13.2. The van der Waals surface area contributed by atoms with Crippen LogP contribution in [0.1, 0.15) is 40.9 Å². The van der Waals surface area contributed by atoms with Gasteiger partial charge in [0.05, 0.1) is 12.2 Å². The Morgan fingerprint density at radius 3 is 2.54 bits per heavy atom.